The number of hydrogen-bond donors (Lipinski definition) is 0. The molecule has 0 saturated carbocycles. The molecular formula is C18H15F3O2S. The molecule has 1 heterocycles. The summed E-state index contributed by atoms with van der Waals surface area (Å²) in [5, 5.41) is 0. The molecule has 0 aliphatic carbocycles. The molecule has 2 nitrogen and oxygen atoms in total. The molecule has 0 fully saturated rings. The van der Waals surface area contributed by atoms with Crippen LogP contribution < -0.4 is 0 Å². The number of thioether (sulfide) groups is 1. The number of hydrogen-bond acceptors (Lipinski definition) is 3. The van der Waals surface area contributed by atoms with Gasteiger partial charge in [0.05, 0.1) is 12.0 Å². The van der Waals surface area contributed by atoms with Gasteiger partial charge in [0.1, 0.15) is 0 Å². The highest BCUT2D eigenvalue weighted by molar-refractivity contribution is 8.00. The summed E-state index contributed by atoms with van der Waals surface area (Å²) in [6, 6.07) is 11.7. The zero-order valence-corrected chi connectivity index (χ0v) is 13.9. The molecule has 126 valence electrons. The van der Waals surface area contributed by atoms with Crippen molar-refractivity contribution >= 4 is 17.7 Å². The summed E-state index contributed by atoms with van der Waals surface area (Å²) < 4.78 is 45.1. The first-order valence-corrected chi connectivity index (χ1v) is 8.18. The minimum Gasteiger partial charge on any atom is -0.439 e. The summed E-state index contributed by atoms with van der Waals surface area (Å²) in [4.78, 5) is 11.1. The predicted molar refractivity (Wildman–Crippen MR) is 86.0 cm³/mol. The number of halogens is 3. The molecule has 0 saturated heterocycles. The number of carbonyl (C=O) groups is 1. The Kier molecular flexibility index (Phi) is 4.11. The van der Waals surface area contributed by atoms with Crippen molar-refractivity contribution in [2.45, 2.75) is 36.3 Å². The SMILES string of the molecule is Cc1ccc(C2(CC(F)(F)F)OC(=O)c3cccc(C)c3S2)cc1. The molecule has 24 heavy (non-hydrogen) atoms. The van der Waals surface area contributed by atoms with Gasteiger partial charge in [-0.15, -0.1) is 0 Å². The van der Waals surface area contributed by atoms with Gasteiger partial charge in [-0.1, -0.05) is 53.7 Å². The van der Waals surface area contributed by atoms with Crippen LogP contribution in [-0.2, 0) is 9.67 Å². The lowest BCUT2D eigenvalue weighted by atomic mass is 10.0. The van der Waals surface area contributed by atoms with Crippen molar-refractivity contribution in [3.05, 3.63) is 64.7 Å². The van der Waals surface area contributed by atoms with Crippen molar-refractivity contribution in [3.63, 3.8) is 0 Å². The second-order valence-corrected chi connectivity index (χ2v) is 7.13. The van der Waals surface area contributed by atoms with E-state index in [4.69, 9.17) is 4.74 Å². The largest absolute Gasteiger partial charge is 0.439 e. The fourth-order valence-electron chi connectivity index (χ4n) is 2.70. The first-order chi connectivity index (χ1) is 11.2. The van der Waals surface area contributed by atoms with Crippen LogP contribution in [0.4, 0.5) is 13.2 Å². The Balaban J connectivity index is 2.15. The second kappa shape index (κ2) is 5.84. The van der Waals surface area contributed by atoms with Gasteiger partial charge in [0.2, 0.25) is 0 Å². The number of ether oxygens (including phenoxy) is 1. The normalized spacial score (nSPS) is 20.5. The monoisotopic (exact) mass is 352 g/mol. The molecule has 0 amide bonds. The number of carbonyl (C=O) groups excluding carboxylic acids is 1. The average molecular weight is 352 g/mol. The van der Waals surface area contributed by atoms with Gasteiger partial charge in [0, 0.05) is 10.5 Å². The fourth-order valence-corrected chi connectivity index (χ4v) is 4.13. The van der Waals surface area contributed by atoms with Crippen molar-refractivity contribution in [2.24, 2.45) is 0 Å². The maximum absolute atomic E-state index is 13.2. The van der Waals surface area contributed by atoms with E-state index >= 15 is 0 Å². The summed E-state index contributed by atoms with van der Waals surface area (Å²) >= 11 is 0.958. The number of aryl methyl sites for hydroxylation is 2. The molecule has 0 bridgehead atoms. The van der Waals surface area contributed by atoms with Gasteiger partial charge in [0.25, 0.3) is 0 Å². The number of benzene rings is 2. The third kappa shape index (κ3) is 3.15. The Morgan fingerprint density at radius 1 is 1.08 bits per heavy atom. The molecule has 1 atom stereocenters. The molecule has 1 aliphatic heterocycles. The molecule has 2 aromatic rings. The third-order valence-corrected chi connectivity index (χ3v) is 5.42. The Bertz CT molecular complexity index is 784. The lowest BCUT2D eigenvalue weighted by Crippen LogP contribution is -2.37. The second-order valence-electron chi connectivity index (χ2n) is 5.85. The van der Waals surface area contributed by atoms with Crippen LogP contribution in [0.15, 0.2) is 47.4 Å². The molecule has 0 radical (unpaired) electrons. The van der Waals surface area contributed by atoms with Gasteiger partial charge in [-0.3, -0.25) is 0 Å². The van der Waals surface area contributed by atoms with E-state index in [1.807, 2.05) is 6.92 Å². The van der Waals surface area contributed by atoms with E-state index in [1.54, 1.807) is 49.4 Å². The molecule has 1 unspecified atom stereocenters. The molecule has 3 rings (SSSR count). The van der Waals surface area contributed by atoms with Gasteiger partial charge < -0.3 is 4.74 Å². The van der Waals surface area contributed by atoms with Gasteiger partial charge >= 0.3 is 12.1 Å². The lowest BCUT2D eigenvalue weighted by Gasteiger charge is -2.38. The van der Waals surface area contributed by atoms with Crippen LogP contribution >= 0.6 is 11.8 Å². The summed E-state index contributed by atoms with van der Waals surface area (Å²) in [6.07, 6.45) is -5.72. The Morgan fingerprint density at radius 2 is 1.75 bits per heavy atom. The maximum atomic E-state index is 13.2. The predicted octanol–water partition coefficient (Wildman–Crippen LogP) is 5.37. The molecule has 0 aromatic heterocycles. The zero-order chi connectivity index (χ0) is 17.5. The third-order valence-electron chi connectivity index (χ3n) is 3.88. The first-order valence-electron chi connectivity index (χ1n) is 7.36. The van der Waals surface area contributed by atoms with E-state index in [0.29, 0.717) is 16.0 Å². The number of esters is 1. The van der Waals surface area contributed by atoms with E-state index in [2.05, 4.69) is 0 Å². The quantitative estimate of drug-likeness (QED) is 0.680. The number of fused-ring (bicyclic) bond motifs is 1. The van der Waals surface area contributed by atoms with Gasteiger partial charge in [0.15, 0.2) is 4.93 Å². The Hall–Kier alpha value is -1.95. The van der Waals surface area contributed by atoms with E-state index in [1.165, 1.54) is 0 Å². The zero-order valence-electron chi connectivity index (χ0n) is 13.1. The summed E-state index contributed by atoms with van der Waals surface area (Å²) in [7, 11) is 0. The highest BCUT2D eigenvalue weighted by Crippen LogP contribution is 2.53. The van der Waals surface area contributed by atoms with Crippen LogP contribution in [0.1, 0.15) is 33.5 Å². The van der Waals surface area contributed by atoms with Crippen molar-refractivity contribution in [1.82, 2.24) is 0 Å². The molecule has 6 heteroatoms. The number of alkyl halides is 3. The van der Waals surface area contributed by atoms with Crippen LogP contribution in [0, 0.1) is 13.8 Å². The van der Waals surface area contributed by atoms with E-state index in [0.717, 1.165) is 22.9 Å². The van der Waals surface area contributed by atoms with Crippen LogP contribution in [0.25, 0.3) is 0 Å². The molecular weight excluding hydrogens is 337 g/mol. The van der Waals surface area contributed by atoms with E-state index in [9.17, 15) is 18.0 Å². The standard InChI is InChI=1S/C18H15F3O2S/c1-11-6-8-13(9-7-11)17(10-18(19,20)21)23-16(22)14-5-3-4-12(2)15(14)24-17/h3-9H,10H2,1-2H3. The van der Waals surface area contributed by atoms with Crippen molar-refractivity contribution in [2.75, 3.05) is 0 Å². The van der Waals surface area contributed by atoms with Crippen LogP contribution in [0.5, 0.6) is 0 Å². The first kappa shape index (κ1) is 16.9. The van der Waals surface area contributed by atoms with Crippen molar-refractivity contribution in [1.29, 1.82) is 0 Å². The summed E-state index contributed by atoms with van der Waals surface area (Å²) in [6.45, 7) is 3.62. The van der Waals surface area contributed by atoms with Crippen molar-refractivity contribution < 1.29 is 22.7 Å². The van der Waals surface area contributed by atoms with Crippen LogP contribution in [0.2, 0.25) is 0 Å². The molecule has 2 aromatic carbocycles. The molecule has 0 N–H and O–H groups in total. The van der Waals surface area contributed by atoms with Crippen LogP contribution in [-0.4, -0.2) is 12.1 Å². The smallest absolute Gasteiger partial charge is 0.394 e. The maximum Gasteiger partial charge on any atom is 0.394 e. The van der Waals surface area contributed by atoms with Crippen molar-refractivity contribution in [3.8, 4) is 0 Å². The minimum absolute atomic E-state index is 0.310. The Morgan fingerprint density at radius 3 is 2.38 bits per heavy atom. The Labute approximate surface area is 142 Å². The number of cyclic esters (lactones) is 1. The highest BCUT2D eigenvalue weighted by Gasteiger charge is 2.50. The summed E-state index contributed by atoms with van der Waals surface area (Å²) in [5.41, 5.74) is 2.32. The topological polar surface area (TPSA) is 26.3 Å². The van der Waals surface area contributed by atoms with Gasteiger partial charge in [-0.2, -0.15) is 13.2 Å². The average Bonchev–Trinajstić information content (AvgIpc) is 2.47. The number of rotatable bonds is 2. The van der Waals surface area contributed by atoms with Gasteiger partial charge in [-0.25, -0.2) is 4.79 Å². The molecule has 0 spiro atoms. The van der Waals surface area contributed by atoms with E-state index < -0.39 is 23.5 Å². The van der Waals surface area contributed by atoms with Crippen LogP contribution in [0.3, 0.4) is 0 Å². The summed E-state index contributed by atoms with van der Waals surface area (Å²) in [5.74, 6) is -0.725. The highest BCUT2D eigenvalue weighted by atomic mass is 32.2. The van der Waals surface area contributed by atoms with Gasteiger partial charge in [-0.05, 0) is 25.5 Å². The fraction of sp³-hybridized carbons (Fsp3) is 0.278. The minimum atomic E-state index is -4.47. The lowest BCUT2D eigenvalue weighted by molar-refractivity contribution is -0.161. The molecule has 1 aliphatic rings. The van der Waals surface area contributed by atoms with E-state index in [-0.39, 0.29) is 0 Å².